The van der Waals surface area contributed by atoms with Crippen molar-refractivity contribution in [1.82, 2.24) is 0 Å². The highest BCUT2D eigenvalue weighted by Gasteiger charge is 2.11. The number of unbranched alkanes of at least 4 members (excludes halogenated alkanes) is 1. The first-order chi connectivity index (χ1) is 11.2. The largest absolute Gasteiger partial charge is 0.490 e. The molecular formula is C20H28ClNO2. The molecule has 2 aromatic rings. The highest BCUT2D eigenvalue weighted by molar-refractivity contribution is 5.85. The minimum Gasteiger partial charge on any atom is -0.490 e. The molecule has 0 aliphatic carbocycles. The maximum absolute atomic E-state index is 6.26. The fourth-order valence-corrected chi connectivity index (χ4v) is 2.47. The predicted molar refractivity (Wildman–Crippen MR) is 102 cm³/mol. The summed E-state index contributed by atoms with van der Waals surface area (Å²) in [6.07, 6.45) is 3.29. The molecule has 0 radical (unpaired) electrons. The summed E-state index contributed by atoms with van der Waals surface area (Å²) in [5, 5.41) is 0. The maximum atomic E-state index is 6.26. The second kappa shape index (κ2) is 11.0. The zero-order valence-electron chi connectivity index (χ0n) is 14.5. The Morgan fingerprint density at radius 3 is 2.38 bits per heavy atom. The van der Waals surface area contributed by atoms with Gasteiger partial charge in [0, 0.05) is 6.04 Å². The third-order valence-electron chi connectivity index (χ3n) is 3.80. The summed E-state index contributed by atoms with van der Waals surface area (Å²) >= 11 is 0. The molecule has 0 aromatic heterocycles. The highest BCUT2D eigenvalue weighted by Crippen LogP contribution is 2.32. The standard InChI is InChI=1S/C20H27NO2.ClH/c1-3-5-11-18(21)17-12-13-19(20(14-17)22-4-2)23-15-16-9-7-6-8-10-16;/h6-10,12-14,18H,3-5,11,15,21H2,1-2H3;1H/t18-;/m1./s1. The van der Waals surface area contributed by atoms with Crippen LogP contribution in [0.5, 0.6) is 11.5 Å². The Balaban J connectivity index is 0.00000288. The van der Waals surface area contributed by atoms with Gasteiger partial charge in [0.05, 0.1) is 6.61 Å². The predicted octanol–water partition coefficient (Wildman–Crippen LogP) is 5.28. The van der Waals surface area contributed by atoms with Crippen molar-refractivity contribution in [3.8, 4) is 11.5 Å². The van der Waals surface area contributed by atoms with Gasteiger partial charge in [-0.25, -0.2) is 0 Å². The van der Waals surface area contributed by atoms with Crippen molar-refractivity contribution in [1.29, 1.82) is 0 Å². The van der Waals surface area contributed by atoms with Crippen LogP contribution in [0.4, 0.5) is 0 Å². The molecule has 0 unspecified atom stereocenters. The van der Waals surface area contributed by atoms with E-state index in [0.29, 0.717) is 13.2 Å². The molecule has 0 bridgehead atoms. The van der Waals surface area contributed by atoms with Gasteiger partial charge in [0.25, 0.3) is 0 Å². The number of rotatable bonds is 9. The lowest BCUT2D eigenvalue weighted by atomic mass is 10.0. The molecule has 2 N–H and O–H groups in total. The van der Waals surface area contributed by atoms with E-state index in [9.17, 15) is 0 Å². The lowest BCUT2D eigenvalue weighted by Gasteiger charge is -2.16. The number of ether oxygens (including phenoxy) is 2. The molecular weight excluding hydrogens is 322 g/mol. The van der Waals surface area contributed by atoms with Gasteiger partial charge in [0.2, 0.25) is 0 Å². The van der Waals surface area contributed by atoms with Crippen LogP contribution in [-0.2, 0) is 6.61 Å². The SMILES string of the molecule is CCCC[C@@H](N)c1ccc(OCc2ccccc2)c(OCC)c1.Cl. The first kappa shape index (κ1) is 20.3. The number of hydrogen-bond acceptors (Lipinski definition) is 3. The first-order valence-electron chi connectivity index (χ1n) is 8.43. The Bertz CT molecular complexity index is 589. The summed E-state index contributed by atoms with van der Waals surface area (Å²) in [4.78, 5) is 0. The zero-order valence-corrected chi connectivity index (χ0v) is 15.4. The molecule has 0 amide bonds. The summed E-state index contributed by atoms with van der Waals surface area (Å²) < 4.78 is 11.7. The van der Waals surface area contributed by atoms with Crippen molar-refractivity contribution in [3.05, 3.63) is 59.7 Å². The van der Waals surface area contributed by atoms with Gasteiger partial charge >= 0.3 is 0 Å². The summed E-state index contributed by atoms with van der Waals surface area (Å²) in [6.45, 7) is 5.29. The molecule has 2 aromatic carbocycles. The Morgan fingerprint density at radius 1 is 0.958 bits per heavy atom. The monoisotopic (exact) mass is 349 g/mol. The molecule has 0 saturated carbocycles. The molecule has 2 rings (SSSR count). The van der Waals surface area contributed by atoms with E-state index in [4.69, 9.17) is 15.2 Å². The maximum Gasteiger partial charge on any atom is 0.161 e. The van der Waals surface area contributed by atoms with Crippen LogP contribution in [0.3, 0.4) is 0 Å². The second-order valence-corrected chi connectivity index (χ2v) is 5.66. The topological polar surface area (TPSA) is 44.5 Å². The minimum absolute atomic E-state index is 0. The fourth-order valence-electron chi connectivity index (χ4n) is 2.47. The van der Waals surface area contributed by atoms with Crippen molar-refractivity contribution in [2.75, 3.05) is 6.61 Å². The van der Waals surface area contributed by atoms with Crippen LogP contribution in [0.1, 0.15) is 50.3 Å². The smallest absolute Gasteiger partial charge is 0.161 e. The van der Waals surface area contributed by atoms with Gasteiger partial charge in [-0.1, -0.05) is 56.2 Å². The Hall–Kier alpha value is -1.71. The second-order valence-electron chi connectivity index (χ2n) is 5.66. The highest BCUT2D eigenvalue weighted by atomic mass is 35.5. The van der Waals surface area contributed by atoms with Crippen LogP contribution in [0.15, 0.2) is 48.5 Å². The van der Waals surface area contributed by atoms with Gasteiger partial charge in [-0.15, -0.1) is 12.4 Å². The molecule has 0 saturated heterocycles. The van der Waals surface area contributed by atoms with Crippen molar-refractivity contribution < 1.29 is 9.47 Å². The van der Waals surface area contributed by atoms with Crippen LogP contribution >= 0.6 is 12.4 Å². The third-order valence-corrected chi connectivity index (χ3v) is 3.80. The summed E-state index contributed by atoms with van der Waals surface area (Å²) in [6, 6.07) is 16.2. The van der Waals surface area contributed by atoms with Gasteiger partial charge in [-0.3, -0.25) is 0 Å². The summed E-state index contributed by atoms with van der Waals surface area (Å²) in [7, 11) is 0. The van der Waals surface area contributed by atoms with Gasteiger partial charge in [0.15, 0.2) is 11.5 Å². The molecule has 4 heteroatoms. The quantitative estimate of drug-likeness (QED) is 0.670. The molecule has 132 valence electrons. The third kappa shape index (κ3) is 6.06. The molecule has 1 atom stereocenters. The molecule has 0 heterocycles. The molecule has 0 aliphatic rings. The van der Waals surface area contributed by atoms with E-state index in [1.54, 1.807) is 0 Å². The van der Waals surface area contributed by atoms with E-state index in [0.717, 1.165) is 41.9 Å². The van der Waals surface area contributed by atoms with Crippen LogP contribution < -0.4 is 15.2 Å². The molecule has 0 spiro atoms. The van der Waals surface area contributed by atoms with E-state index >= 15 is 0 Å². The molecule has 24 heavy (non-hydrogen) atoms. The number of nitrogens with two attached hydrogens (primary N) is 1. The number of hydrogen-bond donors (Lipinski definition) is 1. The fraction of sp³-hybridized carbons (Fsp3) is 0.400. The van der Waals surface area contributed by atoms with Gasteiger partial charge in [0.1, 0.15) is 6.61 Å². The van der Waals surface area contributed by atoms with Crippen LogP contribution in [0.2, 0.25) is 0 Å². The van der Waals surface area contributed by atoms with E-state index in [1.807, 2.05) is 43.3 Å². The van der Waals surface area contributed by atoms with E-state index in [1.165, 1.54) is 0 Å². The van der Waals surface area contributed by atoms with Crippen molar-refractivity contribution >= 4 is 12.4 Å². The van der Waals surface area contributed by atoms with Crippen LogP contribution in [-0.4, -0.2) is 6.61 Å². The minimum atomic E-state index is 0. The average Bonchev–Trinajstić information content (AvgIpc) is 2.59. The molecule has 3 nitrogen and oxygen atoms in total. The van der Waals surface area contributed by atoms with Crippen LogP contribution in [0, 0.1) is 0 Å². The van der Waals surface area contributed by atoms with E-state index in [2.05, 4.69) is 19.1 Å². The zero-order chi connectivity index (χ0) is 16.5. The summed E-state index contributed by atoms with van der Waals surface area (Å²) in [5.41, 5.74) is 8.51. The molecule has 0 aliphatic heterocycles. The Kier molecular flexibility index (Phi) is 9.28. The van der Waals surface area contributed by atoms with Crippen LogP contribution in [0.25, 0.3) is 0 Å². The number of benzene rings is 2. The lowest BCUT2D eigenvalue weighted by Crippen LogP contribution is -2.10. The van der Waals surface area contributed by atoms with Gasteiger partial charge < -0.3 is 15.2 Å². The van der Waals surface area contributed by atoms with Crippen molar-refractivity contribution in [3.63, 3.8) is 0 Å². The first-order valence-corrected chi connectivity index (χ1v) is 8.43. The van der Waals surface area contributed by atoms with Gasteiger partial charge in [-0.05, 0) is 36.6 Å². The van der Waals surface area contributed by atoms with Gasteiger partial charge in [-0.2, -0.15) is 0 Å². The lowest BCUT2D eigenvalue weighted by molar-refractivity contribution is 0.269. The van der Waals surface area contributed by atoms with Crippen molar-refractivity contribution in [2.24, 2.45) is 5.73 Å². The molecule has 0 fully saturated rings. The van der Waals surface area contributed by atoms with Crippen molar-refractivity contribution in [2.45, 2.75) is 45.8 Å². The average molecular weight is 350 g/mol. The van der Waals surface area contributed by atoms with E-state index in [-0.39, 0.29) is 18.4 Å². The summed E-state index contributed by atoms with van der Waals surface area (Å²) in [5.74, 6) is 1.54. The van der Waals surface area contributed by atoms with E-state index < -0.39 is 0 Å². The number of halogens is 1. The Morgan fingerprint density at radius 2 is 1.71 bits per heavy atom. The Labute approximate surface area is 151 Å². The normalized spacial score (nSPS) is 11.5.